The summed E-state index contributed by atoms with van der Waals surface area (Å²) in [4.78, 5) is 6.75. The summed E-state index contributed by atoms with van der Waals surface area (Å²) in [6.07, 6.45) is -0.0410. The highest BCUT2D eigenvalue weighted by molar-refractivity contribution is 14.0. The number of ether oxygens (including phenoxy) is 2. The zero-order chi connectivity index (χ0) is 19.0. The molecule has 1 saturated heterocycles. The number of aliphatic imine (C=N–C) groups is 1. The summed E-state index contributed by atoms with van der Waals surface area (Å²) in [7, 11) is 1.77. The number of rotatable bonds is 7. The quantitative estimate of drug-likeness (QED) is 0.336. The van der Waals surface area contributed by atoms with Crippen LogP contribution in [0.25, 0.3) is 0 Å². The van der Waals surface area contributed by atoms with E-state index in [0.29, 0.717) is 17.3 Å². The zero-order valence-electron chi connectivity index (χ0n) is 16.6. The number of hydrogen-bond acceptors (Lipinski definition) is 4. The maximum absolute atomic E-state index is 6.14. The number of hydrogen-bond donors (Lipinski definition) is 2. The Bertz CT molecular complexity index is 595. The van der Waals surface area contributed by atoms with Gasteiger partial charge in [0.25, 0.3) is 0 Å². The van der Waals surface area contributed by atoms with Crippen LogP contribution >= 0.6 is 35.6 Å². The molecule has 154 valence electrons. The van der Waals surface area contributed by atoms with Gasteiger partial charge in [-0.2, -0.15) is 0 Å². The lowest BCUT2D eigenvalue weighted by atomic mass is 10.0. The molecular weight excluding hydrogens is 479 g/mol. The molecule has 0 spiro atoms. The average molecular weight is 511 g/mol. The Morgan fingerprint density at radius 2 is 1.96 bits per heavy atom. The molecule has 1 atom stereocenters. The van der Waals surface area contributed by atoms with Gasteiger partial charge in [0, 0.05) is 32.2 Å². The molecule has 2 N–H and O–H groups in total. The minimum absolute atomic E-state index is 0. The van der Waals surface area contributed by atoms with Gasteiger partial charge in [-0.05, 0) is 32.9 Å². The predicted molar refractivity (Wildman–Crippen MR) is 123 cm³/mol. The minimum Gasteiger partial charge on any atom is -0.487 e. The Morgan fingerprint density at radius 1 is 1.30 bits per heavy atom. The van der Waals surface area contributed by atoms with Crippen molar-refractivity contribution in [3.63, 3.8) is 0 Å². The summed E-state index contributed by atoms with van der Waals surface area (Å²) in [5, 5.41) is 7.34. The van der Waals surface area contributed by atoms with Gasteiger partial charge in [0.05, 0.1) is 24.8 Å². The highest BCUT2D eigenvalue weighted by Crippen LogP contribution is 2.24. The van der Waals surface area contributed by atoms with E-state index in [0.717, 1.165) is 38.8 Å². The minimum atomic E-state index is -0.0410. The van der Waals surface area contributed by atoms with Crippen molar-refractivity contribution in [2.75, 3.05) is 46.4 Å². The first-order valence-electron chi connectivity index (χ1n) is 9.11. The lowest BCUT2D eigenvalue weighted by Crippen LogP contribution is -2.56. The average Bonchev–Trinajstić information content (AvgIpc) is 2.64. The van der Waals surface area contributed by atoms with Gasteiger partial charge in [0.15, 0.2) is 5.96 Å². The first-order valence-corrected chi connectivity index (χ1v) is 9.48. The van der Waals surface area contributed by atoms with Gasteiger partial charge in [0.1, 0.15) is 11.9 Å². The molecule has 2 rings (SSSR count). The van der Waals surface area contributed by atoms with Crippen molar-refractivity contribution >= 4 is 41.5 Å². The number of morpholine rings is 1. The van der Waals surface area contributed by atoms with Crippen molar-refractivity contribution in [3.05, 3.63) is 29.3 Å². The molecule has 0 saturated carbocycles. The second-order valence-corrected chi connectivity index (χ2v) is 7.48. The largest absolute Gasteiger partial charge is 0.487 e. The van der Waals surface area contributed by atoms with Crippen LogP contribution in [-0.4, -0.2) is 68.9 Å². The van der Waals surface area contributed by atoms with E-state index in [1.165, 1.54) is 0 Å². The van der Waals surface area contributed by atoms with Crippen LogP contribution in [0.15, 0.2) is 29.3 Å². The summed E-state index contributed by atoms with van der Waals surface area (Å²) in [6.45, 7) is 11.4. The molecule has 1 aromatic rings. The molecule has 8 heteroatoms. The summed E-state index contributed by atoms with van der Waals surface area (Å²) >= 11 is 6.14. The van der Waals surface area contributed by atoms with Crippen LogP contribution in [0.1, 0.15) is 20.8 Å². The number of nitrogens with one attached hydrogen (secondary N) is 2. The molecule has 1 unspecified atom stereocenters. The predicted octanol–water partition coefficient (Wildman–Crippen LogP) is 3.00. The van der Waals surface area contributed by atoms with Crippen LogP contribution < -0.4 is 15.4 Å². The van der Waals surface area contributed by atoms with Crippen LogP contribution in [0.4, 0.5) is 0 Å². The van der Waals surface area contributed by atoms with E-state index in [-0.39, 0.29) is 35.6 Å². The molecular formula is C19H32ClIN4O2. The smallest absolute Gasteiger partial charge is 0.191 e. The molecule has 6 nitrogen and oxygen atoms in total. The van der Waals surface area contributed by atoms with Crippen molar-refractivity contribution in [3.8, 4) is 5.75 Å². The molecule has 0 bridgehead atoms. The molecule has 1 aliphatic rings. The van der Waals surface area contributed by atoms with Gasteiger partial charge in [-0.1, -0.05) is 23.7 Å². The molecule has 0 aliphatic carbocycles. The monoisotopic (exact) mass is 510 g/mol. The Labute approximate surface area is 185 Å². The summed E-state index contributed by atoms with van der Waals surface area (Å²) in [5.41, 5.74) is 0.0288. The van der Waals surface area contributed by atoms with Gasteiger partial charge >= 0.3 is 0 Å². The SMILES string of the molecule is CN=C(NCC(C)Oc1ccccc1Cl)NCC(C)(C)N1CCOCC1.I. The van der Waals surface area contributed by atoms with Crippen molar-refractivity contribution in [2.24, 2.45) is 4.99 Å². The standard InChI is InChI=1S/C19H31ClN4O2.HI/c1-15(26-17-8-6-5-7-16(17)20)13-22-18(21-4)23-14-19(2,3)24-9-11-25-12-10-24;/h5-8,15H,9-14H2,1-4H3,(H2,21,22,23);1H. The van der Waals surface area contributed by atoms with E-state index in [4.69, 9.17) is 21.1 Å². The van der Waals surface area contributed by atoms with Gasteiger partial charge in [-0.15, -0.1) is 24.0 Å². The van der Waals surface area contributed by atoms with E-state index in [1.54, 1.807) is 7.05 Å². The molecule has 1 aliphatic heterocycles. The number of guanidine groups is 1. The van der Waals surface area contributed by atoms with E-state index < -0.39 is 0 Å². The molecule has 0 radical (unpaired) electrons. The fraction of sp³-hybridized carbons (Fsp3) is 0.632. The van der Waals surface area contributed by atoms with Crippen molar-refractivity contribution < 1.29 is 9.47 Å². The molecule has 1 fully saturated rings. The van der Waals surface area contributed by atoms with E-state index in [1.807, 2.05) is 31.2 Å². The lowest BCUT2D eigenvalue weighted by molar-refractivity contribution is -0.00834. The molecule has 1 heterocycles. The second kappa shape index (κ2) is 11.9. The Kier molecular flexibility index (Phi) is 10.7. The summed E-state index contributed by atoms with van der Waals surface area (Å²) < 4.78 is 11.3. The number of benzene rings is 1. The Morgan fingerprint density at radius 3 is 2.59 bits per heavy atom. The molecule has 0 aromatic heterocycles. The molecule has 27 heavy (non-hydrogen) atoms. The first-order chi connectivity index (χ1) is 12.4. The third-order valence-corrected chi connectivity index (χ3v) is 4.81. The molecule has 1 aromatic carbocycles. The van der Waals surface area contributed by atoms with Gasteiger partial charge in [0.2, 0.25) is 0 Å². The highest BCUT2D eigenvalue weighted by Gasteiger charge is 2.28. The lowest BCUT2D eigenvalue weighted by Gasteiger charge is -2.41. The second-order valence-electron chi connectivity index (χ2n) is 7.08. The first kappa shape index (κ1) is 24.3. The summed E-state index contributed by atoms with van der Waals surface area (Å²) in [6, 6.07) is 7.50. The number of nitrogens with zero attached hydrogens (tertiary/aromatic N) is 2. The van der Waals surface area contributed by atoms with Crippen molar-refractivity contribution in [1.29, 1.82) is 0 Å². The van der Waals surface area contributed by atoms with Gasteiger partial charge in [-0.3, -0.25) is 9.89 Å². The Balaban J connectivity index is 0.00000364. The van der Waals surface area contributed by atoms with Crippen LogP contribution in [0.2, 0.25) is 5.02 Å². The van der Waals surface area contributed by atoms with Gasteiger partial charge < -0.3 is 20.1 Å². The maximum atomic E-state index is 6.14. The van der Waals surface area contributed by atoms with E-state index in [9.17, 15) is 0 Å². The van der Waals surface area contributed by atoms with Crippen LogP contribution in [0, 0.1) is 0 Å². The topological polar surface area (TPSA) is 58.1 Å². The maximum Gasteiger partial charge on any atom is 0.191 e. The third-order valence-electron chi connectivity index (χ3n) is 4.50. The Hall–Kier alpha value is -0.770. The van der Waals surface area contributed by atoms with Crippen LogP contribution in [0.5, 0.6) is 5.75 Å². The number of halogens is 2. The van der Waals surface area contributed by atoms with E-state index >= 15 is 0 Å². The van der Waals surface area contributed by atoms with Crippen LogP contribution in [-0.2, 0) is 4.74 Å². The third kappa shape index (κ3) is 8.01. The van der Waals surface area contributed by atoms with Crippen molar-refractivity contribution in [1.82, 2.24) is 15.5 Å². The normalized spacial score (nSPS) is 17.0. The van der Waals surface area contributed by atoms with Gasteiger partial charge in [-0.25, -0.2) is 0 Å². The van der Waals surface area contributed by atoms with E-state index in [2.05, 4.69) is 34.4 Å². The number of para-hydroxylation sites is 1. The van der Waals surface area contributed by atoms with Crippen molar-refractivity contribution in [2.45, 2.75) is 32.4 Å². The fourth-order valence-corrected chi connectivity index (χ4v) is 3.02. The molecule has 0 amide bonds. The van der Waals surface area contributed by atoms with Crippen LogP contribution in [0.3, 0.4) is 0 Å². The fourth-order valence-electron chi connectivity index (χ4n) is 2.84. The summed E-state index contributed by atoms with van der Waals surface area (Å²) in [5.74, 6) is 1.46. The zero-order valence-corrected chi connectivity index (χ0v) is 19.7. The highest BCUT2D eigenvalue weighted by atomic mass is 127.